The summed E-state index contributed by atoms with van der Waals surface area (Å²) in [5.41, 5.74) is 3.84. The van der Waals surface area contributed by atoms with E-state index in [1.807, 2.05) is 30.5 Å². The maximum Gasteiger partial charge on any atom is 0.322 e. The molecule has 0 spiro atoms. The van der Waals surface area contributed by atoms with E-state index in [1.165, 1.54) is 35.3 Å². The summed E-state index contributed by atoms with van der Waals surface area (Å²) in [6, 6.07) is 5.94. The number of carbonyl (C=O) groups is 1. The third kappa shape index (κ3) is 2.94. The van der Waals surface area contributed by atoms with Gasteiger partial charge in [-0.1, -0.05) is 11.2 Å². The summed E-state index contributed by atoms with van der Waals surface area (Å²) in [5.74, 6) is 0.0631. The fraction of sp³-hybridized carbons (Fsp3) is 0.294. The lowest BCUT2D eigenvalue weighted by atomic mass is 9.90. The topological polar surface area (TPSA) is 80.9 Å². The summed E-state index contributed by atoms with van der Waals surface area (Å²) < 4.78 is 5.48. The van der Waals surface area contributed by atoms with Crippen LogP contribution in [0.2, 0.25) is 0 Å². The summed E-state index contributed by atoms with van der Waals surface area (Å²) in [4.78, 5) is 16.7. The minimum Gasteiger partial charge on any atom is -0.401 e. The highest BCUT2D eigenvalue weighted by Gasteiger charge is 2.16. The first kappa shape index (κ1) is 15.0. The maximum absolute atomic E-state index is 12.4. The molecule has 1 N–H and O–H groups in total. The second-order valence-electron chi connectivity index (χ2n) is 5.81. The van der Waals surface area contributed by atoms with Gasteiger partial charge in [-0.05, 0) is 55.9 Å². The molecule has 0 saturated heterocycles. The summed E-state index contributed by atoms with van der Waals surface area (Å²) in [6.45, 7) is 1.91. The molecule has 0 aliphatic heterocycles. The van der Waals surface area contributed by atoms with Gasteiger partial charge in [0.15, 0.2) is 0 Å². The quantitative estimate of drug-likeness (QED) is 0.787. The van der Waals surface area contributed by atoms with E-state index in [4.69, 9.17) is 4.42 Å². The van der Waals surface area contributed by atoms with Crippen molar-refractivity contribution in [1.29, 1.82) is 0 Å². The molecule has 0 fully saturated rings. The highest BCUT2D eigenvalue weighted by molar-refractivity contribution is 7.09. The molecule has 7 heteroatoms. The van der Waals surface area contributed by atoms with Crippen LogP contribution in [0.15, 0.2) is 28.0 Å². The monoisotopic (exact) mass is 340 g/mol. The maximum atomic E-state index is 12.4. The zero-order chi connectivity index (χ0) is 16.5. The molecule has 1 aliphatic carbocycles. The highest BCUT2D eigenvalue weighted by atomic mass is 32.1. The van der Waals surface area contributed by atoms with E-state index >= 15 is 0 Å². The number of thiazole rings is 1. The third-order valence-electron chi connectivity index (χ3n) is 4.09. The van der Waals surface area contributed by atoms with Gasteiger partial charge in [-0.2, -0.15) is 0 Å². The van der Waals surface area contributed by atoms with Gasteiger partial charge < -0.3 is 4.42 Å². The molecule has 0 bridgehead atoms. The summed E-state index contributed by atoms with van der Waals surface area (Å²) in [6.07, 6.45) is 4.53. The molecule has 0 atom stereocenters. The molecule has 3 aromatic rings. The SMILES string of the molecule is Cc1nc(-c2nnc(NC(=O)c3ccc4c(c3)CCCC4)o2)cs1. The molecular weight excluding hydrogens is 324 g/mol. The van der Waals surface area contributed by atoms with Crippen molar-refractivity contribution in [2.24, 2.45) is 0 Å². The Morgan fingerprint density at radius 1 is 1.21 bits per heavy atom. The zero-order valence-electron chi connectivity index (χ0n) is 13.2. The van der Waals surface area contributed by atoms with Crippen molar-refractivity contribution >= 4 is 23.3 Å². The molecule has 0 unspecified atom stereocenters. The van der Waals surface area contributed by atoms with Crippen molar-refractivity contribution in [2.45, 2.75) is 32.6 Å². The number of nitrogens with one attached hydrogen (secondary N) is 1. The third-order valence-corrected chi connectivity index (χ3v) is 4.87. The van der Waals surface area contributed by atoms with Gasteiger partial charge in [-0.25, -0.2) is 4.98 Å². The number of rotatable bonds is 3. The standard InChI is InChI=1S/C17H16N4O2S/c1-10-18-14(9-24-10)16-20-21-17(23-16)19-15(22)13-7-6-11-4-2-3-5-12(11)8-13/h6-9H,2-5H2,1H3,(H,19,21,22). The van der Waals surface area contributed by atoms with Crippen LogP contribution in [0.1, 0.15) is 39.3 Å². The first-order valence-corrected chi connectivity index (χ1v) is 8.76. The molecule has 24 heavy (non-hydrogen) atoms. The second kappa shape index (κ2) is 6.16. The number of nitrogens with zero attached hydrogens (tertiary/aromatic N) is 3. The van der Waals surface area contributed by atoms with Crippen molar-refractivity contribution in [1.82, 2.24) is 15.2 Å². The van der Waals surface area contributed by atoms with E-state index in [0.717, 1.165) is 17.8 Å². The molecule has 122 valence electrons. The van der Waals surface area contributed by atoms with E-state index in [-0.39, 0.29) is 11.9 Å². The molecular formula is C17H16N4O2S. The minimum atomic E-state index is -0.243. The molecule has 6 nitrogen and oxygen atoms in total. The largest absolute Gasteiger partial charge is 0.401 e. The van der Waals surface area contributed by atoms with Crippen LogP contribution in [-0.2, 0) is 12.8 Å². The molecule has 1 aliphatic rings. The van der Waals surface area contributed by atoms with Gasteiger partial charge in [0.05, 0.1) is 5.01 Å². The van der Waals surface area contributed by atoms with Crippen molar-refractivity contribution in [2.75, 3.05) is 5.32 Å². The Balaban J connectivity index is 1.51. The van der Waals surface area contributed by atoms with Crippen LogP contribution >= 0.6 is 11.3 Å². The van der Waals surface area contributed by atoms with Crippen LogP contribution in [0.4, 0.5) is 6.01 Å². The first-order chi connectivity index (χ1) is 11.7. The van der Waals surface area contributed by atoms with Gasteiger partial charge in [0.1, 0.15) is 5.69 Å². The van der Waals surface area contributed by atoms with Crippen LogP contribution in [0, 0.1) is 6.92 Å². The lowest BCUT2D eigenvalue weighted by Gasteiger charge is -2.16. The van der Waals surface area contributed by atoms with Gasteiger partial charge in [-0.3, -0.25) is 10.1 Å². The predicted octanol–water partition coefficient (Wildman–Crippen LogP) is 3.63. The fourth-order valence-electron chi connectivity index (χ4n) is 2.88. The summed E-state index contributed by atoms with van der Waals surface area (Å²) in [7, 11) is 0. The van der Waals surface area contributed by atoms with Crippen LogP contribution in [0.25, 0.3) is 11.6 Å². The lowest BCUT2D eigenvalue weighted by molar-refractivity contribution is 0.102. The van der Waals surface area contributed by atoms with Gasteiger partial charge in [0, 0.05) is 10.9 Å². The Hall–Kier alpha value is -2.54. The minimum absolute atomic E-state index is 0.0818. The van der Waals surface area contributed by atoms with Crippen molar-refractivity contribution in [3.05, 3.63) is 45.3 Å². The number of hydrogen-bond acceptors (Lipinski definition) is 6. The average molecular weight is 340 g/mol. The summed E-state index contributed by atoms with van der Waals surface area (Å²) in [5, 5.41) is 13.2. The Kier molecular flexibility index (Phi) is 3.86. The van der Waals surface area contributed by atoms with E-state index in [1.54, 1.807) is 0 Å². The molecule has 2 heterocycles. The van der Waals surface area contributed by atoms with E-state index in [0.29, 0.717) is 17.1 Å². The second-order valence-corrected chi connectivity index (χ2v) is 6.87. The molecule has 0 radical (unpaired) electrons. The van der Waals surface area contributed by atoms with E-state index in [9.17, 15) is 4.79 Å². The number of hydrogen-bond donors (Lipinski definition) is 1. The van der Waals surface area contributed by atoms with Crippen molar-refractivity contribution in [3.63, 3.8) is 0 Å². The van der Waals surface area contributed by atoms with Crippen LogP contribution in [-0.4, -0.2) is 21.1 Å². The normalized spacial score (nSPS) is 13.5. The van der Waals surface area contributed by atoms with E-state index in [2.05, 4.69) is 20.5 Å². The molecule has 1 amide bonds. The van der Waals surface area contributed by atoms with Crippen molar-refractivity contribution < 1.29 is 9.21 Å². The number of aromatic nitrogens is 3. The van der Waals surface area contributed by atoms with Crippen LogP contribution < -0.4 is 5.32 Å². The van der Waals surface area contributed by atoms with Gasteiger partial charge in [0.2, 0.25) is 0 Å². The zero-order valence-corrected chi connectivity index (χ0v) is 14.0. The molecule has 2 aromatic heterocycles. The highest BCUT2D eigenvalue weighted by Crippen LogP contribution is 2.24. The predicted molar refractivity (Wildman–Crippen MR) is 91.2 cm³/mol. The van der Waals surface area contributed by atoms with Gasteiger partial charge in [-0.15, -0.1) is 16.4 Å². The molecule has 0 saturated carbocycles. The Morgan fingerprint density at radius 2 is 2.04 bits per heavy atom. The molecule has 4 rings (SSSR count). The Morgan fingerprint density at radius 3 is 2.83 bits per heavy atom. The van der Waals surface area contributed by atoms with Gasteiger partial charge in [0.25, 0.3) is 11.8 Å². The number of aryl methyl sites for hydroxylation is 3. The smallest absolute Gasteiger partial charge is 0.322 e. The number of fused-ring (bicyclic) bond motifs is 1. The Bertz CT molecular complexity index is 900. The fourth-order valence-corrected chi connectivity index (χ4v) is 3.47. The van der Waals surface area contributed by atoms with E-state index < -0.39 is 0 Å². The van der Waals surface area contributed by atoms with Gasteiger partial charge >= 0.3 is 6.01 Å². The Labute approximate surface area is 143 Å². The first-order valence-electron chi connectivity index (χ1n) is 7.88. The number of amides is 1. The lowest BCUT2D eigenvalue weighted by Crippen LogP contribution is -2.13. The number of benzene rings is 1. The number of carbonyl (C=O) groups excluding carboxylic acids is 1. The van der Waals surface area contributed by atoms with Crippen molar-refractivity contribution in [3.8, 4) is 11.6 Å². The summed E-state index contributed by atoms with van der Waals surface area (Å²) >= 11 is 1.51. The average Bonchev–Trinajstić information content (AvgIpc) is 3.23. The number of anilines is 1. The molecule has 1 aromatic carbocycles. The van der Waals surface area contributed by atoms with Crippen LogP contribution in [0.3, 0.4) is 0 Å². The van der Waals surface area contributed by atoms with Crippen LogP contribution in [0.5, 0.6) is 0 Å².